The Morgan fingerprint density at radius 2 is 1.96 bits per heavy atom. The summed E-state index contributed by atoms with van der Waals surface area (Å²) in [5, 5.41) is 9.57. The van der Waals surface area contributed by atoms with Crippen molar-refractivity contribution >= 4 is 11.9 Å². The number of rotatable bonds is 4. The summed E-state index contributed by atoms with van der Waals surface area (Å²) in [6, 6.07) is 8.84. The average Bonchev–Trinajstić information content (AvgIpc) is 3.27. The zero-order valence-electron chi connectivity index (χ0n) is 14.5. The van der Waals surface area contributed by atoms with Crippen LogP contribution < -0.4 is 0 Å². The summed E-state index contributed by atoms with van der Waals surface area (Å²) in [6.45, 7) is 0. The largest absolute Gasteiger partial charge is 0.480 e. The minimum atomic E-state index is -0.905. The normalized spacial score (nSPS) is 25.1. The Hall–Kier alpha value is -2.63. The van der Waals surface area contributed by atoms with Crippen molar-refractivity contribution in [2.45, 2.75) is 50.6 Å². The smallest absolute Gasteiger partial charge is 0.326 e. The van der Waals surface area contributed by atoms with Crippen molar-refractivity contribution in [2.24, 2.45) is 5.92 Å². The van der Waals surface area contributed by atoms with Gasteiger partial charge in [0.25, 0.3) is 0 Å². The Labute approximate surface area is 151 Å². The number of fused-ring (bicyclic) bond motifs is 1. The van der Waals surface area contributed by atoms with Crippen molar-refractivity contribution in [3.05, 3.63) is 42.3 Å². The van der Waals surface area contributed by atoms with Crippen LogP contribution in [0.4, 0.5) is 0 Å². The second-order valence-corrected chi connectivity index (χ2v) is 7.19. The molecule has 4 rings (SSSR count). The Kier molecular flexibility index (Phi) is 4.49. The number of carboxylic acids is 1. The van der Waals surface area contributed by atoms with Crippen molar-refractivity contribution < 1.29 is 19.1 Å². The summed E-state index contributed by atoms with van der Waals surface area (Å²) in [5.41, 5.74) is 1.39. The number of nitrogens with zero attached hydrogens (tertiary/aromatic N) is 2. The number of carbonyl (C=O) groups excluding carboxylic acids is 1. The first-order chi connectivity index (χ1) is 12.6. The zero-order valence-corrected chi connectivity index (χ0v) is 14.5. The van der Waals surface area contributed by atoms with E-state index in [1.54, 1.807) is 4.90 Å². The molecule has 6 nitrogen and oxygen atoms in total. The molecule has 0 spiro atoms. The second kappa shape index (κ2) is 6.94. The molecule has 2 fully saturated rings. The molecule has 1 aromatic heterocycles. The molecule has 3 atom stereocenters. The van der Waals surface area contributed by atoms with E-state index in [9.17, 15) is 14.7 Å². The molecule has 136 valence electrons. The number of carboxylic acid groups (broad SMARTS) is 1. The van der Waals surface area contributed by atoms with Crippen molar-refractivity contribution in [1.29, 1.82) is 0 Å². The highest BCUT2D eigenvalue weighted by Crippen LogP contribution is 2.40. The van der Waals surface area contributed by atoms with E-state index >= 15 is 0 Å². The number of oxazole rings is 1. The van der Waals surface area contributed by atoms with Crippen LogP contribution in [0.5, 0.6) is 0 Å². The van der Waals surface area contributed by atoms with Gasteiger partial charge in [-0.3, -0.25) is 4.79 Å². The number of hydrogen-bond donors (Lipinski definition) is 1. The fourth-order valence-corrected chi connectivity index (χ4v) is 4.39. The third kappa shape index (κ3) is 3.11. The second-order valence-electron chi connectivity index (χ2n) is 7.19. The van der Waals surface area contributed by atoms with Gasteiger partial charge in [-0.25, -0.2) is 9.78 Å². The lowest BCUT2D eigenvalue weighted by molar-refractivity contribution is -0.149. The maximum atomic E-state index is 12.9. The monoisotopic (exact) mass is 354 g/mol. The molecule has 1 saturated carbocycles. The van der Waals surface area contributed by atoms with E-state index < -0.39 is 12.0 Å². The van der Waals surface area contributed by atoms with Gasteiger partial charge in [0.05, 0.1) is 12.1 Å². The molecular formula is C20H22N2O4. The molecule has 26 heavy (non-hydrogen) atoms. The van der Waals surface area contributed by atoms with Crippen LogP contribution in [-0.4, -0.2) is 39.0 Å². The zero-order chi connectivity index (χ0) is 18.1. The van der Waals surface area contributed by atoms with Crippen LogP contribution >= 0.6 is 0 Å². The fourth-order valence-electron chi connectivity index (χ4n) is 4.39. The Balaban J connectivity index is 1.52. The first kappa shape index (κ1) is 16.8. The molecule has 0 bridgehead atoms. The number of hydrogen-bond acceptors (Lipinski definition) is 4. The molecule has 6 heteroatoms. The van der Waals surface area contributed by atoms with Crippen LogP contribution in [0.1, 0.15) is 37.8 Å². The molecule has 1 amide bonds. The van der Waals surface area contributed by atoms with Gasteiger partial charge in [-0.05, 0) is 37.3 Å². The molecule has 1 aromatic carbocycles. The van der Waals surface area contributed by atoms with Gasteiger partial charge in [-0.1, -0.05) is 31.0 Å². The quantitative estimate of drug-likeness (QED) is 0.912. The van der Waals surface area contributed by atoms with Gasteiger partial charge in [0.1, 0.15) is 12.3 Å². The predicted molar refractivity (Wildman–Crippen MR) is 94.3 cm³/mol. The number of aliphatic carboxylic acids is 1. The Bertz CT molecular complexity index is 801. The van der Waals surface area contributed by atoms with Gasteiger partial charge < -0.3 is 14.4 Å². The molecule has 0 radical (unpaired) electrons. The van der Waals surface area contributed by atoms with Crippen LogP contribution in [0.15, 0.2) is 41.0 Å². The van der Waals surface area contributed by atoms with Crippen LogP contribution in [0, 0.1) is 5.92 Å². The van der Waals surface area contributed by atoms with Gasteiger partial charge in [0.2, 0.25) is 11.8 Å². The number of amides is 1. The van der Waals surface area contributed by atoms with E-state index in [1.807, 2.05) is 30.3 Å². The molecule has 2 heterocycles. The molecular weight excluding hydrogens is 332 g/mol. The Morgan fingerprint density at radius 1 is 1.19 bits per heavy atom. The van der Waals surface area contributed by atoms with E-state index in [0.29, 0.717) is 23.9 Å². The number of carbonyl (C=O) groups is 2. The first-order valence-corrected chi connectivity index (χ1v) is 9.17. The lowest BCUT2D eigenvalue weighted by Crippen LogP contribution is -2.46. The summed E-state index contributed by atoms with van der Waals surface area (Å²) in [4.78, 5) is 30.6. The first-order valence-electron chi connectivity index (χ1n) is 9.17. The third-order valence-corrected chi connectivity index (χ3v) is 5.57. The van der Waals surface area contributed by atoms with Crippen LogP contribution in [0.25, 0.3) is 11.5 Å². The SMILES string of the molecule is O=C(O)[C@@H]1C[C@@H]2CCCC[C@H]2N1C(=O)Cc1coc(-c2ccccc2)n1. The average molecular weight is 354 g/mol. The summed E-state index contributed by atoms with van der Waals surface area (Å²) in [5.74, 6) is -0.288. The van der Waals surface area contributed by atoms with Crippen molar-refractivity contribution in [1.82, 2.24) is 9.88 Å². The molecule has 1 aliphatic heterocycles. The van der Waals surface area contributed by atoms with Crippen molar-refractivity contribution in [3.63, 3.8) is 0 Å². The fraction of sp³-hybridized carbons (Fsp3) is 0.450. The molecule has 0 unspecified atom stereocenters. The molecule has 1 saturated heterocycles. The minimum absolute atomic E-state index is 0.0536. The number of aromatic nitrogens is 1. The highest BCUT2D eigenvalue weighted by molar-refractivity contribution is 5.86. The van der Waals surface area contributed by atoms with E-state index in [0.717, 1.165) is 31.2 Å². The molecule has 1 aliphatic carbocycles. The summed E-state index contributed by atoms with van der Waals surface area (Å²) in [6.07, 6.45) is 6.22. The summed E-state index contributed by atoms with van der Waals surface area (Å²) in [7, 11) is 0. The third-order valence-electron chi connectivity index (χ3n) is 5.57. The molecule has 1 N–H and O–H groups in total. The van der Waals surface area contributed by atoms with E-state index in [2.05, 4.69) is 4.98 Å². The highest BCUT2D eigenvalue weighted by Gasteiger charge is 2.47. The van der Waals surface area contributed by atoms with Crippen LogP contribution in [0.2, 0.25) is 0 Å². The lowest BCUT2D eigenvalue weighted by Gasteiger charge is -2.32. The maximum absolute atomic E-state index is 12.9. The van der Waals surface area contributed by atoms with Crippen molar-refractivity contribution in [3.8, 4) is 11.5 Å². The summed E-state index contributed by atoms with van der Waals surface area (Å²) >= 11 is 0. The van der Waals surface area contributed by atoms with Gasteiger partial charge in [0.15, 0.2) is 0 Å². The lowest BCUT2D eigenvalue weighted by atomic mass is 9.84. The van der Waals surface area contributed by atoms with E-state index in [-0.39, 0.29) is 18.4 Å². The number of benzene rings is 1. The van der Waals surface area contributed by atoms with Gasteiger partial charge >= 0.3 is 5.97 Å². The highest BCUT2D eigenvalue weighted by atomic mass is 16.4. The van der Waals surface area contributed by atoms with E-state index in [4.69, 9.17) is 4.42 Å². The van der Waals surface area contributed by atoms with Gasteiger partial charge in [0, 0.05) is 11.6 Å². The standard InChI is InChI=1S/C20H22N2O4/c23-18(11-15-12-26-19(21-15)13-6-2-1-3-7-13)22-16-9-5-4-8-14(16)10-17(22)20(24)25/h1-3,6-7,12,14,16-17H,4-5,8-11H2,(H,24,25)/t14-,16+,17-/m0/s1. The number of likely N-dealkylation sites (tertiary alicyclic amines) is 1. The minimum Gasteiger partial charge on any atom is -0.480 e. The molecule has 2 aliphatic rings. The van der Waals surface area contributed by atoms with Gasteiger partial charge in [-0.15, -0.1) is 0 Å². The van der Waals surface area contributed by atoms with E-state index in [1.165, 1.54) is 6.26 Å². The predicted octanol–water partition coefficient (Wildman–Crippen LogP) is 3.13. The Morgan fingerprint density at radius 3 is 2.73 bits per heavy atom. The van der Waals surface area contributed by atoms with Crippen LogP contribution in [-0.2, 0) is 16.0 Å². The van der Waals surface area contributed by atoms with Crippen molar-refractivity contribution in [2.75, 3.05) is 0 Å². The summed E-state index contributed by atoms with van der Waals surface area (Å²) < 4.78 is 5.50. The van der Waals surface area contributed by atoms with Crippen LogP contribution in [0.3, 0.4) is 0 Å². The molecule has 2 aromatic rings. The van der Waals surface area contributed by atoms with Gasteiger partial charge in [-0.2, -0.15) is 0 Å². The maximum Gasteiger partial charge on any atom is 0.326 e. The topological polar surface area (TPSA) is 83.6 Å².